The quantitative estimate of drug-likeness (QED) is 0.603. The lowest BCUT2D eigenvalue weighted by Gasteiger charge is -2.14. The molecule has 0 aliphatic carbocycles. The van der Waals surface area contributed by atoms with Gasteiger partial charge in [-0.25, -0.2) is 9.59 Å². The summed E-state index contributed by atoms with van der Waals surface area (Å²) in [5, 5.41) is 24.3. The highest BCUT2D eigenvalue weighted by molar-refractivity contribution is 7.09. The van der Waals surface area contributed by atoms with Crippen molar-refractivity contribution in [2.24, 2.45) is 0 Å². The van der Waals surface area contributed by atoms with Crippen LogP contribution in [0.4, 0.5) is 4.79 Å². The van der Waals surface area contributed by atoms with Crippen LogP contribution in [0, 0.1) is 0 Å². The smallest absolute Gasteiger partial charge is 0.334 e. The minimum atomic E-state index is -1.58. The molecule has 0 fully saturated rings. The zero-order valence-corrected chi connectivity index (χ0v) is 10.7. The molecule has 1 rings (SSSR count). The molecule has 6 nitrogen and oxygen atoms in total. The number of hydrogen-bond acceptors (Lipinski definition) is 4. The zero-order chi connectivity index (χ0) is 13.5. The Balaban J connectivity index is 2.25. The van der Waals surface area contributed by atoms with Crippen molar-refractivity contribution in [2.45, 2.75) is 25.5 Å². The van der Waals surface area contributed by atoms with Crippen LogP contribution in [0.25, 0.3) is 0 Å². The third-order valence-electron chi connectivity index (χ3n) is 2.21. The third kappa shape index (κ3) is 5.15. The molecule has 100 valence electrons. The molecule has 0 spiro atoms. The number of hydrogen-bond donors (Lipinski definition) is 4. The van der Waals surface area contributed by atoms with Gasteiger partial charge in [-0.3, -0.25) is 0 Å². The summed E-state index contributed by atoms with van der Waals surface area (Å²) in [7, 11) is 0. The molecular weight excluding hydrogens is 256 g/mol. The molecule has 0 aliphatic heterocycles. The Morgan fingerprint density at radius 1 is 1.50 bits per heavy atom. The van der Waals surface area contributed by atoms with Crippen molar-refractivity contribution in [3.8, 4) is 0 Å². The van der Waals surface area contributed by atoms with Crippen LogP contribution in [0.2, 0.25) is 0 Å². The van der Waals surface area contributed by atoms with E-state index in [-0.39, 0.29) is 12.6 Å². The number of aliphatic hydroxyl groups excluding tert-OH is 1. The van der Waals surface area contributed by atoms with Gasteiger partial charge in [0.05, 0.1) is 6.54 Å². The summed E-state index contributed by atoms with van der Waals surface area (Å²) < 4.78 is 0. The molecule has 2 amide bonds. The van der Waals surface area contributed by atoms with Crippen LogP contribution in [0.15, 0.2) is 17.5 Å². The van der Waals surface area contributed by atoms with Gasteiger partial charge in [0.15, 0.2) is 6.10 Å². The van der Waals surface area contributed by atoms with Crippen molar-refractivity contribution < 1.29 is 19.8 Å². The zero-order valence-electron chi connectivity index (χ0n) is 9.92. The van der Waals surface area contributed by atoms with E-state index in [1.807, 2.05) is 24.4 Å². The van der Waals surface area contributed by atoms with Gasteiger partial charge in [0.25, 0.3) is 0 Å². The van der Waals surface area contributed by atoms with Gasteiger partial charge in [-0.1, -0.05) is 6.07 Å². The normalized spacial score (nSPS) is 13.7. The second-order valence-corrected chi connectivity index (χ2v) is 4.93. The van der Waals surface area contributed by atoms with Crippen LogP contribution in [0.5, 0.6) is 0 Å². The molecule has 18 heavy (non-hydrogen) atoms. The molecule has 1 aromatic rings. The minimum absolute atomic E-state index is 0.0642. The molecule has 0 saturated heterocycles. The Kier molecular flexibility index (Phi) is 5.60. The number of aliphatic carboxylic acids is 1. The lowest BCUT2D eigenvalue weighted by Crippen LogP contribution is -2.45. The molecule has 0 aromatic carbocycles. The van der Waals surface area contributed by atoms with Gasteiger partial charge in [-0.15, -0.1) is 11.3 Å². The summed E-state index contributed by atoms with van der Waals surface area (Å²) in [6.45, 7) is 1.54. The van der Waals surface area contributed by atoms with E-state index in [0.29, 0.717) is 6.42 Å². The molecule has 0 bridgehead atoms. The average Bonchev–Trinajstić information content (AvgIpc) is 2.78. The summed E-state index contributed by atoms with van der Waals surface area (Å²) in [4.78, 5) is 22.9. The predicted octanol–water partition coefficient (Wildman–Crippen LogP) is 0.424. The lowest BCUT2D eigenvalue weighted by molar-refractivity contribution is -0.146. The largest absolute Gasteiger partial charge is 0.479 e. The van der Waals surface area contributed by atoms with E-state index in [1.165, 1.54) is 0 Å². The molecule has 4 N–H and O–H groups in total. The molecule has 0 saturated carbocycles. The van der Waals surface area contributed by atoms with Crippen LogP contribution in [-0.4, -0.2) is 40.9 Å². The predicted molar refractivity (Wildman–Crippen MR) is 67.7 cm³/mol. The summed E-state index contributed by atoms with van der Waals surface area (Å²) in [5.41, 5.74) is 0. The third-order valence-corrected chi connectivity index (χ3v) is 3.10. The maximum Gasteiger partial charge on any atom is 0.334 e. The minimum Gasteiger partial charge on any atom is -0.479 e. The topological polar surface area (TPSA) is 98.7 Å². The monoisotopic (exact) mass is 272 g/mol. The highest BCUT2D eigenvalue weighted by atomic mass is 32.1. The number of urea groups is 1. The van der Waals surface area contributed by atoms with Crippen molar-refractivity contribution in [1.82, 2.24) is 10.6 Å². The highest BCUT2D eigenvalue weighted by Gasteiger charge is 2.15. The first-order valence-electron chi connectivity index (χ1n) is 5.46. The van der Waals surface area contributed by atoms with E-state index in [2.05, 4.69) is 10.6 Å². The number of amides is 2. The molecular formula is C11H16N2O4S. The second kappa shape index (κ2) is 6.97. The summed E-state index contributed by atoms with van der Waals surface area (Å²) >= 11 is 1.61. The Morgan fingerprint density at radius 2 is 2.22 bits per heavy atom. The van der Waals surface area contributed by atoms with E-state index in [4.69, 9.17) is 10.2 Å². The number of thiophene rings is 1. The van der Waals surface area contributed by atoms with E-state index in [9.17, 15) is 9.59 Å². The van der Waals surface area contributed by atoms with Gasteiger partial charge in [0, 0.05) is 17.3 Å². The van der Waals surface area contributed by atoms with Gasteiger partial charge < -0.3 is 20.8 Å². The molecule has 1 unspecified atom stereocenters. The lowest BCUT2D eigenvalue weighted by atomic mass is 10.2. The number of nitrogens with one attached hydrogen (secondary N) is 2. The van der Waals surface area contributed by atoms with Gasteiger partial charge in [-0.2, -0.15) is 0 Å². The van der Waals surface area contributed by atoms with Gasteiger partial charge in [-0.05, 0) is 18.4 Å². The van der Waals surface area contributed by atoms with Crippen molar-refractivity contribution in [1.29, 1.82) is 0 Å². The number of carbonyl (C=O) groups excluding carboxylic acids is 1. The number of aliphatic hydroxyl groups is 1. The fourth-order valence-corrected chi connectivity index (χ4v) is 2.17. The maximum atomic E-state index is 11.4. The molecule has 0 radical (unpaired) electrons. The van der Waals surface area contributed by atoms with E-state index in [0.717, 1.165) is 4.88 Å². The van der Waals surface area contributed by atoms with E-state index < -0.39 is 18.1 Å². The van der Waals surface area contributed by atoms with Crippen molar-refractivity contribution in [2.75, 3.05) is 6.54 Å². The van der Waals surface area contributed by atoms with E-state index >= 15 is 0 Å². The molecule has 1 heterocycles. The number of carboxylic acids is 1. The number of carboxylic acid groups (broad SMARTS) is 1. The first-order valence-corrected chi connectivity index (χ1v) is 6.34. The second-order valence-electron chi connectivity index (χ2n) is 3.89. The Hall–Kier alpha value is -1.60. The van der Waals surface area contributed by atoms with Crippen LogP contribution in [0.1, 0.15) is 11.8 Å². The molecule has 7 heteroatoms. The average molecular weight is 272 g/mol. The van der Waals surface area contributed by atoms with Crippen molar-refractivity contribution in [3.63, 3.8) is 0 Å². The number of carbonyl (C=O) groups is 2. The summed E-state index contributed by atoms with van der Waals surface area (Å²) in [6, 6.07) is 3.37. The fraction of sp³-hybridized carbons (Fsp3) is 0.455. The Bertz CT molecular complexity index is 394. The van der Waals surface area contributed by atoms with Crippen LogP contribution in [0.3, 0.4) is 0 Å². The first-order chi connectivity index (χ1) is 8.49. The van der Waals surface area contributed by atoms with Crippen LogP contribution in [-0.2, 0) is 11.2 Å². The standard InChI is InChI=1S/C11H16N2O4S/c1-7(5-8-3-2-4-18-8)13-11(17)12-6-9(14)10(15)16/h2-4,7,9,14H,5-6H2,1H3,(H,15,16)(H2,12,13,17)/t7?,9-/m0/s1. The van der Waals surface area contributed by atoms with Gasteiger partial charge in [0.2, 0.25) is 0 Å². The molecule has 2 atom stereocenters. The number of rotatable bonds is 6. The van der Waals surface area contributed by atoms with Gasteiger partial charge in [0.1, 0.15) is 0 Å². The van der Waals surface area contributed by atoms with Crippen LogP contribution < -0.4 is 10.6 Å². The molecule has 0 aliphatic rings. The SMILES string of the molecule is CC(Cc1cccs1)NC(=O)NC[C@H](O)C(=O)O. The van der Waals surface area contributed by atoms with Gasteiger partial charge >= 0.3 is 12.0 Å². The Morgan fingerprint density at radius 3 is 2.78 bits per heavy atom. The van der Waals surface area contributed by atoms with Crippen molar-refractivity contribution >= 4 is 23.3 Å². The maximum absolute atomic E-state index is 11.4. The fourth-order valence-electron chi connectivity index (χ4n) is 1.33. The molecule has 1 aromatic heterocycles. The van der Waals surface area contributed by atoms with Crippen molar-refractivity contribution in [3.05, 3.63) is 22.4 Å². The van der Waals surface area contributed by atoms with E-state index in [1.54, 1.807) is 11.3 Å². The summed E-state index contributed by atoms with van der Waals surface area (Å²) in [6.07, 6.45) is -0.865. The highest BCUT2D eigenvalue weighted by Crippen LogP contribution is 2.10. The summed E-state index contributed by atoms with van der Waals surface area (Å²) in [5.74, 6) is -1.36. The first kappa shape index (κ1) is 14.5. The Labute approximate surface area is 109 Å². The van der Waals surface area contributed by atoms with Crippen LogP contribution >= 0.6 is 11.3 Å².